The molecule has 1 atom stereocenters. The maximum Gasteiger partial charge on any atom is 0.419 e. The lowest BCUT2D eigenvalue weighted by Gasteiger charge is -2.16. The van der Waals surface area contributed by atoms with E-state index in [2.05, 4.69) is 15.9 Å². The van der Waals surface area contributed by atoms with Gasteiger partial charge in [0.2, 0.25) is 0 Å². The van der Waals surface area contributed by atoms with E-state index < -0.39 is 29.4 Å². The van der Waals surface area contributed by atoms with E-state index >= 15 is 0 Å². The van der Waals surface area contributed by atoms with Gasteiger partial charge in [-0.15, -0.1) is 0 Å². The summed E-state index contributed by atoms with van der Waals surface area (Å²) in [5.41, 5.74) is 4.54. The highest BCUT2D eigenvalue weighted by atomic mass is 79.9. The third-order valence-corrected chi connectivity index (χ3v) is 3.59. The molecule has 0 aliphatic carbocycles. The topological polar surface area (TPSA) is 26.0 Å². The van der Waals surface area contributed by atoms with Crippen LogP contribution in [0.1, 0.15) is 22.7 Å². The van der Waals surface area contributed by atoms with Crippen LogP contribution in [0.5, 0.6) is 0 Å². The Balaban J connectivity index is 2.43. The summed E-state index contributed by atoms with van der Waals surface area (Å²) in [6.45, 7) is 0. The molecule has 2 aromatic rings. The van der Waals surface area contributed by atoms with Crippen molar-refractivity contribution in [2.45, 2.75) is 12.2 Å². The molecule has 2 rings (SSSR count). The van der Waals surface area contributed by atoms with Gasteiger partial charge in [-0.2, -0.15) is 13.2 Å². The van der Waals surface area contributed by atoms with Crippen molar-refractivity contribution in [2.24, 2.45) is 5.73 Å². The van der Waals surface area contributed by atoms with Crippen LogP contribution in [0.25, 0.3) is 0 Å². The summed E-state index contributed by atoms with van der Waals surface area (Å²) in [7, 11) is 0. The molecule has 0 spiro atoms. The number of nitrogens with two attached hydrogens (primary N) is 1. The molecule has 0 aromatic heterocycles. The maximum atomic E-state index is 13.9. The summed E-state index contributed by atoms with van der Waals surface area (Å²) < 4.78 is 65.1. The van der Waals surface area contributed by atoms with Gasteiger partial charge in [-0.3, -0.25) is 0 Å². The van der Waals surface area contributed by atoms with E-state index in [-0.39, 0.29) is 15.6 Å². The quantitative estimate of drug-likeness (QED) is 0.760. The minimum Gasteiger partial charge on any atom is -0.320 e. The molecule has 7 heteroatoms. The minimum atomic E-state index is -4.78. The maximum absolute atomic E-state index is 13.9. The Hall–Kier alpha value is -1.47. The van der Waals surface area contributed by atoms with E-state index in [1.807, 2.05) is 0 Å². The van der Waals surface area contributed by atoms with Crippen LogP contribution in [0.15, 0.2) is 40.9 Å². The van der Waals surface area contributed by atoms with Crippen molar-refractivity contribution in [3.63, 3.8) is 0 Å². The molecule has 0 amide bonds. The first-order valence-corrected chi connectivity index (χ1v) is 6.57. The van der Waals surface area contributed by atoms with E-state index in [1.165, 1.54) is 18.2 Å². The van der Waals surface area contributed by atoms with Gasteiger partial charge in [0.05, 0.1) is 16.1 Å². The lowest BCUT2D eigenvalue weighted by molar-refractivity contribution is -0.140. The van der Waals surface area contributed by atoms with E-state index in [4.69, 9.17) is 5.73 Å². The second-order valence-electron chi connectivity index (χ2n) is 4.36. The average molecular weight is 366 g/mol. The van der Waals surface area contributed by atoms with E-state index in [1.54, 1.807) is 0 Å². The zero-order valence-electron chi connectivity index (χ0n) is 10.4. The second-order valence-corrected chi connectivity index (χ2v) is 5.21. The Morgan fingerprint density at radius 2 is 1.71 bits per heavy atom. The molecule has 0 bridgehead atoms. The van der Waals surface area contributed by atoms with Crippen LogP contribution in [0, 0.1) is 11.6 Å². The lowest BCUT2D eigenvalue weighted by atomic mass is 9.97. The standard InChI is InChI=1S/C14H9BrF5N/c15-10-3-1-2-8(12(10)17)13(21)7-4-5-9(11(16)6-7)14(18,19)20/h1-6,13H,21H2. The predicted octanol–water partition coefficient (Wildman–Crippen LogP) is 4.79. The zero-order chi connectivity index (χ0) is 15.8. The van der Waals surface area contributed by atoms with Crippen molar-refractivity contribution in [1.82, 2.24) is 0 Å². The Morgan fingerprint density at radius 1 is 1.05 bits per heavy atom. The van der Waals surface area contributed by atoms with Crippen LogP contribution in [0.4, 0.5) is 22.0 Å². The summed E-state index contributed by atoms with van der Waals surface area (Å²) in [6.07, 6.45) is -4.78. The van der Waals surface area contributed by atoms with Crippen molar-refractivity contribution in [3.05, 3.63) is 69.2 Å². The van der Waals surface area contributed by atoms with Crippen molar-refractivity contribution in [1.29, 1.82) is 0 Å². The highest BCUT2D eigenvalue weighted by molar-refractivity contribution is 9.10. The lowest BCUT2D eigenvalue weighted by Crippen LogP contribution is -2.15. The highest BCUT2D eigenvalue weighted by Gasteiger charge is 2.34. The van der Waals surface area contributed by atoms with Crippen LogP contribution in [-0.2, 0) is 6.18 Å². The molecule has 112 valence electrons. The second kappa shape index (κ2) is 5.73. The molecule has 0 radical (unpaired) electrons. The van der Waals surface area contributed by atoms with Crippen LogP contribution in [-0.4, -0.2) is 0 Å². The first-order chi connectivity index (χ1) is 9.71. The van der Waals surface area contributed by atoms with Gasteiger partial charge in [-0.25, -0.2) is 8.78 Å². The molecule has 0 aliphatic heterocycles. The van der Waals surface area contributed by atoms with Gasteiger partial charge < -0.3 is 5.73 Å². The molecule has 0 saturated carbocycles. The first-order valence-electron chi connectivity index (χ1n) is 5.78. The fourth-order valence-corrected chi connectivity index (χ4v) is 2.28. The van der Waals surface area contributed by atoms with Crippen LogP contribution < -0.4 is 5.73 Å². The third-order valence-electron chi connectivity index (χ3n) is 2.97. The third kappa shape index (κ3) is 3.24. The van der Waals surface area contributed by atoms with Crippen LogP contribution >= 0.6 is 15.9 Å². The minimum absolute atomic E-state index is 0.0532. The molecule has 0 fully saturated rings. The fourth-order valence-electron chi connectivity index (χ4n) is 1.89. The van der Waals surface area contributed by atoms with Crippen LogP contribution in [0.3, 0.4) is 0 Å². The van der Waals surface area contributed by atoms with E-state index in [0.717, 1.165) is 6.07 Å². The molecule has 0 heterocycles. The summed E-state index contributed by atoms with van der Waals surface area (Å²) >= 11 is 2.99. The summed E-state index contributed by atoms with van der Waals surface area (Å²) in [6, 6.07) is 5.62. The van der Waals surface area contributed by atoms with Gasteiger partial charge >= 0.3 is 6.18 Å². The number of hydrogen-bond acceptors (Lipinski definition) is 1. The Kier molecular flexibility index (Phi) is 4.34. The van der Waals surface area contributed by atoms with E-state index in [0.29, 0.717) is 12.1 Å². The van der Waals surface area contributed by atoms with Crippen molar-refractivity contribution < 1.29 is 22.0 Å². The van der Waals surface area contributed by atoms with Gasteiger partial charge in [-0.1, -0.05) is 18.2 Å². The number of benzene rings is 2. The molecule has 1 nitrogen and oxygen atoms in total. The molecule has 21 heavy (non-hydrogen) atoms. The summed E-state index contributed by atoms with van der Waals surface area (Å²) in [5, 5.41) is 0. The SMILES string of the molecule is NC(c1ccc(C(F)(F)F)c(F)c1)c1cccc(Br)c1F. The average Bonchev–Trinajstić information content (AvgIpc) is 2.39. The smallest absolute Gasteiger partial charge is 0.320 e. The normalized spacial score (nSPS) is 13.3. The van der Waals surface area contributed by atoms with Crippen LogP contribution in [0.2, 0.25) is 0 Å². The van der Waals surface area contributed by atoms with Gasteiger partial charge in [0.15, 0.2) is 0 Å². The molecule has 2 N–H and O–H groups in total. The fraction of sp³-hybridized carbons (Fsp3) is 0.143. The van der Waals surface area contributed by atoms with Crippen molar-refractivity contribution >= 4 is 15.9 Å². The predicted molar refractivity (Wildman–Crippen MR) is 71.5 cm³/mol. The first kappa shape index (κ1) is 15.9. The molecular weight excluding hydrogens is 357 g/mol. The van der Waals surface area contributed by atoms with Gasteiger partial charge in [-0.05, 0) is 39.7 Å². The van der Waals surface area contributed by atoms with E-state index in [9.17, 15) is 22.0 Å². The number of hydrogen-bond donors (Lipinski definition) is 1. The number of halogens is 6. The molecule has 1 unspecified atom stereocenters. The Morgan fingerprint density at radius 3 is 2.29 bits per heavy atom. The number of alkyl halides is 3. The van der Waals surface area contributed by atoms with Crippen molar-refractivity contribution in [3.8, 4) is 0 Å². The Bertz CT molecular complexity index is 669. The van der Waals surface area contributed by atoms with Gasteiger partial charge in [0.1, 0.15) is 11.6 Å². The Labute approximate surface area is 125 Å². The summed E-state index contributed by atoms with van der Waals surface area (Å²) in [4.78, 5) is 0. The number of rotatable bonds is 2. The van der Waals surface area contributed by atoms with Gasteiger partial charge in [0, 0.05) is 5.56 Å². The summed E-state index contributed by atoms with van der Waals surface area (Å²) in [5.74, 6) is -2.07. The zero-order valence-corrected chi connectivity index (χ0v) is 12.0. The van der Waals surface area contributed by atoms with Crippen molar-refractivity contribution in [2.75, 3.05) is 0 Å². The monoisotopic (exact) mass is 365 g/mol. The molecule has 0 aliphatic rings. The largest absolute Gasteiger partial charge is 0.419 e. The van der Waals surface area contributed by atoms with Gasteiger partial charge in [0.25, 0.3) is 0 Å². The molecular formula is C14H9BrF5N. The molecule has 0 saturated heterocycles. The molecule has 2 aromatic carbocycles. The highest BCUT2D eigenvalue weighted by Crippen LogP contribution is 2.33.